The molecular weight excluding hydrogens is 466 g/mol. The van der Waals surface area contributed by atoms with Crippen molar-refractivity contribution >= 4 is 23.1 Å². The Labute approximate surface area is 205 Å². The maximum atomic E-state index is 13.2. The highest BCUT2D eigenvalue weighted by Crippen LogP contribution is 2.30. The van der Waals surface area contributed by atoms with Crippen molar-refractivity contribution in [2.24, 2.45) is 5.10 Å². The number of benzene rings is 2. The lowest BCUT2D eigenvalue weighted by Gasteiger charge is -2.19. The minimum absolute atomic E-state index is 0.00412. The molecule has 13 nitrogen and oxygen atoms in total. The number of para-hydroxylation sites is 1. The fourth-order valence-electron chi connectivity index (χ4n) is 4.03. The van der Waals surface area contributed by atoms with Crippen LogP contribution in [0.15, 0.2) is 52.2 Å². The zero-order chi connectivity index (χ0) is 25.2. The lowest BCUT2D eigenvalue weighted by atomic mass is 10.1. The molecule has 2 aromatic carbocycles. The van der Waals surface area contributed by atoms with Gasteiger partial charge in [0.15, 0.2) is 17.2 Å². The van der Waals surface area contributed by atoms with E-state index in [4.69, 9.17) is 15.1 Å². The normalized spacial score (nSPS) is 13.1. The van der Waals surface area contributed by atoms with Crippen LogP contribution >= 0.6 is 0 Å². The summed E-state index contributed by atoms with van der Waals surface area (Å²) < 4.78 is 11.2. The fourth-order valence-corrected chi connectivity index (χ4v) is 4.03. The molecule has 0 radical (unpaired) electrons. The van der Waals surface area contributed by atoms with Crippen LogP contribution in [0.2, 0.25) is 0 Å². The van der Waals surface area contributed by atoms with E-state index >= 15 is 0 Å². The number of nitrogen functional groups attached to an aromatic ring is 1. The summed E-state index contributed by atoms with van der Waals surface area (Å²) >= 11 is 0. The zero-order valence-corrected chi connectivity index (χ0v) is 19.5. The van der Waals surface area contributed by atoms with Gasteiger partial charge in [-0.3, -0.25) is 4.79 Å². The maximum Gasteiger partial charge on any atom is 0.293 e. The van der Waals surface area contributed by atoms with Crippen molar-refractivity contribution in [1.82, 2.24) is 30.7 Å². The van der Waals surface area contributed by atoms with E-state index in [9.17, 15) is 9.90 Å². The number of phenols is 1. The number of phenolic OH excluding ortho intramolecular Hbond substituents is 1. The smallest absolute Gasteiger partial charge is 0.293 e. The molecule has 4 N–H and O–H groups in total. The summed E-state index contributed by atoms with van der Waals surface area (Å²) in [7, 11) is 1.45. The van der Waals surface area contributed by atoms with Gasteiger partial charge >= 0.3 is 0 Å². The van der Waals surface area contributed by atoms with Gasteiger partial charge in [0.1, 0.15) is 0 Å². The molecule has 1 aliphatic rings. The molecule has 1 aliphatic heterocycles. The van der Waals surface area contributed by atoms with E-state index in [1.165, 1.54) is 23.4 Å². The van der Waals surface area contributed by atoms with Gasteiger partial charge in [-0.1, -0.05) is 23.4 Å². The van der Waals surface area contributed by atoms with E-state index in [1.807, 2.05) is 18.2 Å². The molecule has 0 atom stereocenters. The molecule has 0 saturated carbocycles. The number of nitrogens with zero attached hydrogens (tertiary/aromatic N) is 7. The zero-order valence-electron chi connectivity index (χ0n) is 19.5. The van der Waals surface area contributed by atoms with Gasteiger partial charge in [-0.05, 0) is 53.5 Å². The molecule has 0 saturated heterocycles. The van der Waals surface area contributed by atoms with Gasteiger partial charge in [-0.2, -0.15) is 9.78 Å². The van der Waals surface area contributed by atoms with Crippen LogP contribution in [-0.2, 0) is 13.0 Å². The van der Waals surface area contributed by atoms with Gasteiger partial charge in [-0.15, -0.1) is 5.10 Å². The molecule has 0 bridgehead atoms. The van der Waals surface area contributed by atoms with E-state index in [0.29, 0.717) is 29.3 Å². The van der Waals surface area contributed by atoms with Crippen molar-refractivity contribution in [3.63, 3.8) is 0 Å². The second-order valence-electron chi connectivity index (χ2n) is 8.09. The Morgan fingerprint density at radius 3 is 2.89 bits per heavy atom. The summed E-state index contributed by atoms with van der Waals surface area (Å²) in [5.41, 5.74) is 12.4. The first-order valence-corrected chi connectivity index (χ1v) is 11.0. The van der Waals surface area contributed by atoms with Crippen LogP contribution in [0.1, 0.15) is 34.2 Å². The Morgan fingerprint density at radius 2 is 2.11 bits per heavy atom. The third-order valence-electron chi connectivity index (χ3n) is 5.92. The molecular formula is C23H23N9O4. The van der Waals surface area contributed by atoms with Crippen molar-refractivity contribution in [1.29, 1.82) is 0 Å². The molecule has 184 valence electrons. The van der Waals surface area contributed by atoms with Gasteiger partial charge in [0.25, 0.3) is 5.91 Å². The highest BCUT2D eigenvalue weighted by Gasteiger charge is 2.28. The summed E-state index contributed by atoms with van der Waals surface area (Å²) in [5.74, 6) is -0.110. The van der Waals surface area contributed by atoms with Crippen LogP contribution in [0, 0.1) is 0 Å². The Balaban J connectivity index is 1.45. The minimum Gasteiger partial charge on any atom is -0.504 e. The first kappa shape index (κ1) is 22.8. The van der Waals surface area contributed by atoms with Crippen molar-refractivity contribution in [3.8, 4) is 17.3 Å². The second-order valence-corrected chi connectivity index (χ2v) is 8.09. The molecule has 36 heavy (non-hydrogen) atoms. The van der Waals surface area contributed by atoms with Crippen LogP contribution in [-0.4, -0.2) is 55.7 Å². The summed E-state index contributed by atoms with van der Waals surface area (Å²) in [6.07, 6.45) is 0.881. The van der Waals surface area contributed by atoms with E-state index in [0.717, 1.165) is 18.7 Å². The summed E-state index contributed by atoms with van der Waals surface area (Å²) in [4.78, 5) is 15.3. The molecule has 13 heteroatoms. The highest BCUT2D eigenvalue weighted by atomic mass is 16.6. The minimum atomic E-state index is -0.566. The third kappa shape index (κ3) is 4.17. The van der Waals surface area contributed by atoms with E-state index in [1.54, 1.807) is 19.1 Å². The number of ether oxygens (including phenoxy) is 1. The number of rotatable bonds is 7. The van der Waals surface area contributed by atoms with Crippen molar-refractivity contribution in [2.75, 3.05) is 24.3 Å². The Bertz CT molecular complexity index is 1460. The topological polar surface area (TPSA) is 170 Å². The van der Waals surface area contributed by atoms with E-state index < -0.39 is 5.91 Å². The van der Waals surface area contributed by atoms with Gasteiger partial charge in [0.05, 0.1) is 25.1 Å². The fraction of sp³-hybridized carbons (Fsp3) is 0.217. The number of nitrogens with two attached hydrogens (primary N) is 1. The Morgan fingerprint density at radius 1 is 1.28 bits per heavy atom. The van der Waals surface area contributed by atoms with Crippen molar-refractivity contribution < 1.29 is 19.3 Å². The summed E-state index contributed by atoms with van der Waals surface area (Å²) in [5, 5.41) is 29.6. The Hall–Kier alpha value is -4.94. The number of carbonyl (C=O) groups is 1. The van der Waals surface area contributed by atoms with Crippen LogP contribution in [0.4, 0.5) is 11.5 Å². The first-order chi connectivity index (χ1) is 17.5. The third-order valence-corrected chi connectivity index (χ3v) is 5.92. The molecule has 0 unspecified atom stereocenters. The monoisotopic (exact) mass is 489 g/mol. The summed E-state index contributed by atoms with van der Waals surface area (Å²) in [6.45, 7) is 2.79. The quantitative estimate of drug-likeness (QED) is 0.256. The van der Waals surface area contributed by atoms with Gasteiger partial charge in [0, 0.05) is 17.8 Å². The number of anilines is 2. The van der Waals surface area contributed by atoms with E-state index in [2.05, 4.69) is 42.1 Å². The molecule has 5 rings (SSSR count). The molecule has 4 aromatic rings. The maximum absolute atomic E-state index is 13.2. The van der Waals surface area contributed by atoms with Crippen molar-refractivity contribution in [2.45, 2.75) is 19.9 Å². The highest BCUT2D eigenvalue weighted by molar-refractivity contribution is 6.01. The lowest BCUT2D eigenvalue weighted by Crippen LogP contribution is -2.26. The molecule has 0 fully saturated rings. The number of aromatic nitrogens is 5. The average molecular weight is 489 g/mol. The van der Waals surface area contributed by atoms with Crippen LogP contribution in [0.5, 0.6) is 11.5 Å². The number of hydrogen-bond donors (Lipinski definition) is 3. The SMILES string of the molecule is COc1cc(/C(C)=N\NC(=O)c2nnn(-c3nonc3N)c2CN2CCc3ccccc32)ccc1O. The van der Waals surface area contributed by atoms with Gasteiger partial charge < -0.3 is 20.5 Å². The average Bonchev–Trinajstić information content (AvgIpc) is 3.61. The van der Waals surface area contributed by atoms with Gasteiger partial charge in [-0.25, -0.2) is 10.1 Å². The number of fused-ring (bicyclic) bond motifs is 1. The van der Waals surface area contributed by atoms with Crippen LogP contribution < -0.4 is 20.8 Å². The number of nitrogens with one attached hydrogen (secondary N) is 1. The van der Waals surface area contributed by atoms with Crippen molar-refractivity contribution in [3.05, 3.63) is 65.0 Å². The number of aromatic hydroxyl groups is 1. The molecule has 2 aromatic heterocycles. The van der Waals surface area contributed by atoms with E-state index in [-0.39, 0.29) is 23.1 Å². The Kier molecular flexibility index (Phi) is 5.94. The number of amides is 1. The first-order valence-electron chi connectivity index (χ1n) is 11.0. The predicted octanol–water partition coefficient (Wildman–Crippen LogP) is 1.66. The van der Waals surface area contributed by atoms with Crippen LogP contribution in [0.25, 0.3) is 5.82 Å². The predicted molar refractivity (Wildman–Crippen MR) is 129 cm³/mol. The standard InChI is InChI=1S/C23H23N9O4/c1-13(15-7-8-18(33)19(11-15)35-2)25-27-23(34)20-17(32(30-26-20)22-21(24)28-36-29-22)12-31-10-9-14-5-3-4-6-16(14)31/h3-8,11,33H,9-10,12H2,1-2H3,(H2,24,28)(H,27,34)/b25-13-. The summed E-state index contributed by atoms with van der Waals surface area (Å²) in [6, 6.07) is 12.8. The molecule has 0 spiro atoms. The number of carbonyl (C=O) groups excluding carboxylic acids is 1. The number of hydrogen-bond acceptors (Lipinski definition) is 11. The van der Waals surface area contributed by atoms with Crippen LogP contribution in [0.3, 0.4) is 0 Å². The molecule has 3 heterocycles. The van der Waals surface area contributed by atoms with Gasteiger partial charge in [0.2, 0.25) is 11.6 Å². The largest absolute Gasteiger partial charge is 0.504 e. The number of methoxy groups -OCH3 is 1. The second kappa shape index (κ2) is 9.37. The molecule has 0 aliphatic carbocycles. The lowest BCUT2D eigenvalue weighted by molar-refractivity contribution is 0.0948. The number of hydrazone groups is 1. The molecule has 1 amide bonds.